The lowest BCUT2D eigenvalue weighted by atomic mass is 10.2. The Balaban J connectivity index is 2.16. The van der Waals surface area contributed by atoms with Crippen LogP contribution in [0, 0.1) is 0 Å². The minimum Gasteiger partial charge on any atom is -0.393 e. The number of hydrogen-bond donors (Lipinski definition) is 3. The van der Waals surface area contributed by atoms with Crippen molar-refractivity contribution in [1.29, 1.82) is 0 Å². The topological polar surface area (TPSA) is 78.4 Å². The van der Waals surface area contributed by atoms with Gasteiger partial charge in [-0.2, -0.15) is 0 Å². The largest absolute Gasteiger partial charge is 0.393 e. The first-order valence-electron chi connectivity index (χ1n) is 6.33. The quantitative estimate of drug-likeness (QED) is 0.674. The highest BCUT2D eigenvalue weighted by molar-refractivity contribution is 5.84. The van der Waals surface area contributed by atoms with Crippen LogP contribution in [0.15, 0.2) is 30.3 Å². The predicted octanol–water partition coefficient (Wildman–Crippen LogP) is 0.580. The normalized spacial score (nSPS) is 11.7. The van der Waals surface area contributed by atoms with Crippen LogP contribution >= 0.6 is 0 Å². The number of benzene rings is 1. The third-order valence-electron chi connectivity index (χ3n) is 2.57. The molecule has 0 saturated carbocycles. The maximum Gasteiger partial charge on any atom is 0.239 e. The molecule has 1 rings (SSSR count). The van der Waals surface area contributed by atoms with Crippen molar-refractivity contribution in [1.82, 2.24) is 10.6 Å². The van der Waals surface area contributed by atoms with Gasteiger partial charge in [-0.25, -0.2) is 0 Å². The fourth-order valence-electron chi connectivity index (χ4n) is 1.47. The van der Waals surface area contributed by atoms with Crippen molar-refractivity contribution in [3.63, 3.8) is 0 Å². The van der Waals surface area contributed by atoms with Crippen molar-refractivity contribution < 1.29 is 14.7 Å². The Kier molecular flexibility index (Phi) is 6.60. The molecule has 0 fully saturated rings. The molecule has 104 valence electrons. The molecule has 1 unspecified atom stereocenters. The zero-order valence-corrected chi connectivity index (χ0v) is 11.1. The summed E-state index contributed by atoms with van der Waals surface area (Å²) in [5.41, 5.74) is 1.01. The van der Waals surface area contributed by atoms with Crippen molar-refractivity contribution in [2.75, 3.05) is 6.54 Å². The lowest BCUT2D eigenvalue weighted by Gasteiger charge is -2.07. The first-order chi connectivity index (χ1) is 9.08. The van der Waals surface area contributed by atoms with E-state index in [-0.39, 0.29) is 24.8 Å². The molecule has 3 N–H and O–H groups in total. The van der Waals surface area contributed by atoms with Gasteiger partial charge in [-0.3, -0.25) is 9.59 Å². The maximum absolute atomic E-state index is 11.5. The molecule has 0 aliphatic rings. The summed E-state index contributed by atoms with van der Waals surface area (Å²) in [6, 6.07) is 9.55. The third-order valence-corrected chi connectivity index (χ3v) is 2.57. The summed E-state index contributed by atoms with van der Waals surface area (Å²) in [6.45, 7) is 2.04. The smallest absolute Gasteiger partial charge is 0.239 e. The summed E-state index contributed by atoms with van der Waals surface area (Å²) in [4.78, 5) is 22.8. The van der Waals surface area contributed by atoms with Gasteiger partial charge in [0.1, 0.15) is 0 Å². The molecule has 0 radical (unpaired) electrons. The summed E-state index contributed by atoms with van der Waals surface area (Å²) in [6.07, 6.45) is 0.124. The Morgan fingerprint density at radius 1 is 1.16 bits per heavy atom. The van der Waals surface area contributed by atoms with Crippen molar-refractivity contribution in [2.45, 2.75) is 32.4 Å². The van der Waals surface area contributed by atoms with Gasteiger partial charge in [0.25, 0.3) is 0 Å². The van der Waals surface area contributed by atoms with Crippen LogP contribution < -0.4 is 10.6 Å². The monoisotopic (exact) mass is 264 g/mol. The van der Waals surface area contributed by atoms with E-state index in [9.17, 15) is 9.59 Å². The zero-order valence-electron chi connectivity index (χ0n) is 11.1. The number of rotatable bonds is 7. The van der Waals surface area contributed by atoms with Crippen LogP contribution in [0.25, 0.3) is 0 Å². The van der Waals surface area contributed by atoms with E-state index < -0.39 is 6.10 Å². The van der Waals surface area contributed by atoms with Gasteiger partial charge in [0.2, 0.25) is 11.8 Å². The summed E-state index contributed by atoms with van der Waals surface area (Å²) in [5.74, 6) is -0.454. The molecule has 19 heavy (non-hydrogen) atoms. The SMILES string of the molecule is CC(O)CCC(=O)NCC(=O)NCc1ccccc1. The fraction of sp³-hybridized carbons (Fsp3) is 0.429. The summed E-state index contributed by atoms with van der Waals surface area (Å²) in [7, 11) is 0. The Bertz CT molecular complexity index is 404. The second kappa shape index (κ2) is 8.26. The first kappa shape index (κ1) is 15.2. The molecule has 1 aromatic rings. The highest BCUT2D eigenvalue weighted by atomic mass is 16.3. The molecule has 0 heterocycles. The third kappa shape index (κ3) is 7.21. The zero-order chi connectivity index (χ0) is 14.1. The summed E-state index contributed by atoms with van der Waals surface area (Å²) in [5, 5.41) is 14.3. The fourth-order valence-corrected chi connectivity index (χ4v) is 1.47. The van der Waals surface area contributed by atoms with E-state index in [4.69, 9.17) is 5.11 Å². The van der Waals surface area contributed by atoms with E-state index in [1.165, 1.54) is 0 Å². The molecule has 0 aromatic heterocycles. The lowest BCUT2D eigenvalue weighted by molar-refractivity contribution is -0.126. The maximum atomic E-state index is 11.5. The van der Waals surface area contributed by atoms with E-state index >= 15 is 0 Å². The highest BCUT2D eigenvalue weighted by Gasteiger charge is 2.06. The van der Waals surface area contributed by atoms with Crippen LogP contribution in [0.5, 0.6) is 0 Å². The highest BCUT2D eigenvalue weighted by Crippen LogP contribution is 1.97. The molecule has 0 aliphatic carbocycles. The number of amides is 2. The van der Waals surface area contributed by atoms with Crippen molar-refractivity contribution in [3.8, 4) is 0 Å². The van der Waals surface area contributed by atoms with Gasteiger partial charge in [0.15, 0.2) is 0 Å². The van der Waals surface area contributed by atoms with Gasteiger partial charge in [-0.05, 0) is 18.9 Å². The molecule has 1 aromatic carbocycles. The van der Waals surface area contributed by atoms with Crippen molar-refractivity contribution in [3.05, 3.63) is 35.9 Å². The Labute approximate surface area is 113 Å². The lowest BCUT2D eigenvalue weighted by Crippen LogP contribution is -2.36. The van der Waals surface area contributed by atoms with Gasteiger partial charge in [0, 0.05) is 13.0 Å². The molecule has 0 saturated heterocycles. The van der Waals surface area contributed by atoms with Crippen LogP contribution in [0.4, 0.5) is 0 Å². The van der Waals surface area contributed by atoms with E-state index in [1.807, 2.05) is 30.3 Å². The Morgan fingerprint density at radius 2 is 1.84 bits per heavy atom. The van der Waals surface area contributed by atoms with Gasteiger partial charge in [-0.1, -0.05) is 30.3 Å². The van der Waals surface area contributed by atoms with E-state index in [2.05, 4.69) is 10.6 Å². The second-order valence-corrected chi connectivity index (χ2v) is 4.43. The Hall–Kier alpha value is -1.88. The number of aliphatic hydroxyl groups excluding tert-OH is 1. The van der Waals surface area contributed by atoms with Crippen molar-refractivity contribution >= 4 is 11.8 Å². The number of carbonyl (C=O) groups excluding carboxylic acids is 2. The van der Waals surface area contributed by atoms with Crippen LogP contribution in [-0.4, -0.2) is 29.6 Å². The molecule has 5 nitrogen and oxygen atoms in total. The number of hydrogen-bond acceptors (Lipinski definition) is 3. The summed E-state index contributed by atoms with van der Waals surface area (Å²) < 4.78 is 0. The second-order valence-electron chi connectivity index (χ2n) is 4.43. The van der Waals surface area contributed by atoms with Crippen molar-refractivity contribution in [2.24, 2.45) is 0 Å². The first-order valence-corrected chi connectivity index (χ1v) is 6.33. The molecule has 5 heteroatoms. The Morgan fingerprint density at radius 3 is 2.47 bits per heavy atom. The minimum absolute atomic E-state index is 0.0362. The summed E-state index contributed by atoms with van der Waals surface area (Å²) >= 11 is 0. The van der Waals surface area contributed by atoms with Gasteiger partial charge >= 0.3 is 0 Å². The standard InChI is InChI=1S/C14H20N2O3/c1-11(17)7-8-13(18)16-10-14(19)15-9-12-5-3-2-4-6-12/h2-6,11,17H,7-10H2,1H3,(H,15,19)(H,16,18). The van der Waals surface area contributed by atoms with Crippen LogP contribution in [0.1, 0.15) is 25.3 Å². The molecular weight excluding hydrogens is 244 g/mol. The molecule has 0 aliphatic heterocycles. The van der Waals surface area contributed by atoms with Crippen LogP contribution in [0.3, 0.4) is 0 Å². The molecular formula is C14H20N2O3. The van der Waals surface area contributed by atoms with Crippen LogP contribution in [0.2, 0.25) is 0 Å². The average molecular weight is 264 g/mol. The molecule has 2 amide bonds. The van der Waals surface area contributed by atoms with Gasteiger partial charge in [0.05, 0.1) is 12.6 Å². The van der Waals surface area contributed by atoms with Crippen LogP contribution in [-0.2, 0) is 16.1 Å². The molecule has 0 bridgehead atoms. The number of nitrogens with one attached hydrogen (secondary N) is 2. The van der Waals surface area contributed by atoms with Gasteiger partial charge < -0.3 is 15.7 Å². The molecule has 1 atom stereocenters. The number of aliphatic hydroxyl groups is 1. The predicted molar refractivity (Wildman–Crippen MR) is 72.2 cm³/mol. The van der Waals surface area contributed by atoms with Gasteiger partial charge in [-0.15, -0.1) is 0 Å². The van der Waals surface area contributed by atoms with E-state index in [0.29, 0.717) is 13.0 Å². The molecule has 0 spiro atoms. The number of carbonyl (C=O) groups is 2. The average Bonchev–Trinajstić information content (AvgIpc) is 2.41. The van der Waals surface area contributed by atoms with E-state index in [1.54, 1.807) is 6.92 Å². The minimum atomic E-state index is -0.502. The van der Waals surface area contributed by atoms with E-state index in [0.717, 1.165) is 5.56 Å².